The molecule has 0 rings (SSSR count). The minimum atomic E-state index is -0.739. The van der Waals surface area contributed by atoms with Gasteiger partial charge >= 0.3 is 6.16 Å². The molecule has 0 aromatic rings. The Bertz CT molecular complexity index is 94.2. The van der Waals surface area contributed by atoms with Crippen LogP contribution in [0.3, 0.4) is 0 Å². The topological polar surface area (TPSA) is 35.5 Å². The number of halogens is 1. The smallest absolute Gasteiger partial charge is 0.438 e. The molecule has 3 nitrogen and oxygen atoms in total. The van der Waals surface area contributed by atoms with Gasteiger partial charge in [0.25, 0.3) is 0 Å². The Balaban J connectivity index is 3.34. The molecule has 0 bridgehead atoms. The minimum absolute atomic E-state index is 0.572. The predicted molar refractivity (Wildman–Crippen MR) is 33.4 cm³/mol. The summed E-state index contributed by atoms with van der Waals surface area (Å²) >= 11 is 5.42. The van der Waals surface area contributed by atoms with Gasteiger partial charge in [0.2, 0.25) is 0 Å². The predicted octanol–water partition coefficient (Wildman–Crippen LogP) is 1.74. The SMILES string of the molecule is CC[C@H](Cl)OC(=O)OC. The molecule has 0 radical (unpaired) electrons. The molecule has 4 heteroatoms. The van der Waals surface area contributed by atoms with E-state index >= 15 is 0 Å². The summed E-state index contributed by atoms with van der Waals surface area (Å²) in [6, 6.07) is 0. The normalized spacial score (nSPS) is 12.3. The first-order valence-corrected chi connectivity index (χ1v) is 3.03. The van der Waals surface area contributed by atoms with E-state index in [1.807, 2.05) is 0 Å². The standard InChI is InChI=1S/C5H9ClO3/c1-3-4(6)9-5(7)8-2/h4H,3H2,1-2H3/t4-/m1/s1. The third-order valence-corrected chi connectivity index (χ3v) is 1.11. The van der Waals surface area contributed by atoms with Gasteiger partial charge in [-0.15, -0.1) is 0 Å². The van der Waals surface area contributed by atoms with Crippen molar-refractivity contribution in [1.29, 1.82) is 0 Å². The van der Waals surface area contributed by atoms with Crippen molar-refractivity contribution in [3.8, 4) is 0 Å². The van der Waals surface area contributed by atoms with Crippen LogP contribution in [-0.2, 0) is 9.47 Å². The number of methoxy groups -OCH3 is 1. The van der Waals surface area contributed by atoms with Gasteiger partial charge in [-0.1, -0.05) is 18.5 Å². The Kier molecular flexibility index (Phi) is 4.22. The summed E-state index contributed by atoms with van der Waals surface area (Å²) in [6.07, 6.45) is -0.159. The van der Waals surface area contributed by atoms with E-state index in [0.717, 1.165) is 0 Å². The zero-order valence-electron chi connectivity index (χ0n) is 5.39. The molecule has 0 N–H and O–H groups in total. The first kappa shape index (κ1) is 8.56. The molecule has 0 amide bonds. The quantitative estimate of drug-likeness (QED) is 0.447. The van der Waals surface area contributed by atoms with E-state index in [9.17, 15) is 4.79 Å². The zero-order chi connectivity index (χ0) is 7.28. The number of alkyl halides is 1. The molecule has 0 heterocycles. The van der Waals surface area contributed by atoms with Gasteiger partial charge in [0, 0.05) is 0 Å². The van der Waals surface area contributed by atoms with Crippen LogP contribution in [0.1, 0.15) is 13.3 Å². The van der Waals surface area contributed by atoms with Crippen molar-refractivity contribution < 1.29 is 14.3 Å². The average Bonchev–Trinajstić information content (AvgIpc) is 1.87. The molecular weight excluding hydrogens is 144 g/mol. The Morgan fingerprint density at radius 3 is 2.67 bits per heavy atom. The van der Waals surface area contributed by atoms with Crippen LogP contribution in [0.5, 0.6) is 0 Å². The van der Waals surface area contributed by atoms with E-state index in [1.54, 1.807) is 6.92 Å². The molecule has 0 aromatic heterocycles. The summed E-state index contributed by atoms with van der Waals surface area (Å²) in [7, 11) is 1.24. The van der Waals surface area contributed by atoms with Crippen molar-refractivity contribution in [2.75, 3.05) is 7.11 Å². The van der Waals surface area contributed by atoms with Crippen LogP contribution in [0.15, 0.2) is 0 Å². The second-order valence-corrected chi connectivity index (χ2v) is 1.88. The number of hydrogen-bond acceptors (Lipinski definition) is 3. The lowest BCUT2D eigenvalue weighted by Gasteiger charge is -2.05. The molecule has 1 atom stereocenters. The van der Waals surface area contributed by atoms with Gasteiger partial charge in [0.1, 0.15) is 0 Å². The second kappa shape index (κ2) is 4.44. The Morgan fingerprint density at radius 2 is 2.33 bits per heavy atom. The van der Waals surface area contributed by atoms with Crippen molar-refractivity contribution in [2.45, 2.75) is 18.9 Å². The molecular formula is C5H9ClO3. The number of carbonyl (C=O) groups is 1. The van der Waals surface area contributed by atoms with E-state index < -0.39 is 11.7 Å². The number of carbonyl (C=O) groups excluding carboxylic acids is 1. The van der Waals surface area contributed by atoms with Crippen LogP contribution >= 0.6 is 11.6 Å². The lowest BCUT2D eigenvalue weighted by molar-refractivity contribution is 0.0612. The Labute approximate surface area is 58.9 Å². The van der Waals surface area contributed by atoms with Gasteiger partial charge in [0.05, 0.1) is 7.11 Å². The van der Waals surface area contributed by atoms with Crippen LogP contribution in [0, 0.1) is 0 Å². The third-order valence-electron chi connectivity index (χ3n) is 0.712. The summed E-state index contributed by atoms with van der Waals surface area (Å²) in [5, 5.41) is 0. The molecule has 0 aliphatic carbocycles. The van der Waals surface area contributed by atoms with Crippen LogP contribution < -0.4 is 0 Å². The monoisotopic (exact) mass is 152 g/mol. The maximum atomic E-state index is 10.3. The van der Waals surface area contributed by atoms with Crippen LogP contribution in [0.25, 0.3) is 0 Å². The summed E-state index contributed by atoms with van der Waals surface area (Å²) in [5.74, 6) is 0. The van der Waals surface area contributed by atoms with Gasteiger partial charge in [-0.25, -0.2) is 4.79 Å². The molecule has 0 fully saturated rings. The minimum Gasteiger partial charge on any atom is -0.438 e. The molecule has 0 aromatic carbocycles. The van der Waals surface area contributed by atoms with E-state index in [0.29, 0.717) is 6.42 Å². The van der Waals surface area contributed by atoms with Gasteiger partial charge in [0.15, 0.2) is 5.56 Å². The van der Waals surface area contributed by atoms with E-state index in [-0.39, 0.29) is 0 Å². The highest BCUT2D eigenvalue weighted by Gasteiger charge is 2.07. The van der Waals surface area contributed by atoms with Crippen molar-refractivity contribution >= 4 is 17.8 Å². The highest BCUT2D eigenvalue weighted by molar-refractivity contribution is 6.20. The summed E-state index contributed by atoms with van der Waals surface area (Å²) < 4.78 is 8.63. The molecule has 0 saturated heterocycles. The Hall–Kier alpha value is -0.440. The fraction of sp³-hybridized carbons (Fsp3) is 0.800. The van der Waals surface area contributed by atoms with Gasteiger partial charge in [-0.05, 0) is 6.42 Å². The maximum Gasteiger partial charge on any atom is 0.509 e. The first-order valence-electron chi connectivity index (χ1n) is 2.59. The van der Waals surface area contributed by atoms with Crippen molar-refractivity contribution in [3.05, 3.63) is 0 Å². The number of ether oxygens (including phenoxy) is 2. The lowest BCUT2D eigenvalue weighted by atomic mass is 10.5. The fourth-order valence-corrected chi connectivity index (χ4v) is 0.309. The molecule has 0 aliphatic heterocycles. The first-order chi connectivity index (χ1) is 4.20. The zero-order valence-corrected chi connectivity index (χ0v) is 6.14. The van der Waals surface area contributed by atoms with Gasteiger partial charge in [-0.3, -0.25) is 0 Å². The summed E-state index contributed by atoms with van der Waals surface area (Å²) in [5.41, 5.74) is -0.572. The van der Waals surface area contributed by atoms with Crippen LogP contribution in [0.2, 0.25) is 0 Å². The van der Waals surface area contributed by atoms with E-state index in [4.69, 9.17) is 11.6 Å². The highest BCUT2D eigenvalue weighted by Crippen LogP contribution is 2.03. The third kappa shape index (κ3) is 4.09. The van der Waals surface area contributed by atoms with Crippen LogP contribution in [0.4, 0.5) is 4.79 Å². The van der Waals surface area contributed by atoms with Crippen molar-refractivity contribution in [2.24, 2.45) is 0 Å². The van der Waals surface area contributed by atoms with Crippen molar-refractivity contribution in [3.63, 3.8) is 0 Å². The molecule has 0 aliphatic rings. The average molecular weight is 153 g/mol. The van der Waals surface area contributed by atoms with Crippen LogP contribution in [-0.4, -0.2) is 18.8 Å². The maximum absolute atomic E-state index is 10.3. The fourth-order valence-electron chi connectivity index (χ4n) is 0.236. The molecule has 0 spiro atoms. The highest BCUT2D eigenvalue weighted by atomic mass is 35.5. The molecule has 9 heavy (non-hydrogen) atoms. The lowest BCUT2D eigenvalue weighted by Crippen LogP contribution is -2.11. The van der Waals surface area contributed by atoms with Crippen molar-refractivity contribution in [1.82, 2.24) is 0 Å². The second-order valence-electron chi connectivity index (χ2n) is 1.39. The largest absolute Gasteiger partial charge is 0.509 e. The van der Waals surface area contributed by atoms with Gasteiger partial charge < -0.3 is 9.47 Å². The molecule has 0 saturated carbocycles. The molecule has 54 valence electrons. The summed E-state index contributed by atoms with van der Waals surface area (Å²) in [4.78, 5) is 10.3. The van der Waals surface area contributed by atoms with E-state index in [1.165, 1.54) is 7.11 Å². The summed E-state index contributed by atoms with van der Waals surface area (Å²) in [6.45, 7) is 1.81. The van der Waals surface area contributed by atoms with Gasteiger partial charge in [-0.2, -0.15) is 0 Å². The molecule has 0 unspecified atom stereocenters. The number of hydrogen-bond donors (Lipinski definition) is 0. The number of rotatable bonds is 2. The Morgan fingerprint density at radius 1 is 1.78 bits per heavy atom. The van der Waals surface area contributed by atoms with E-state index in [2.05, 4.69) is 9.47 Å².